The first-order valence-electron chi connectivity index (χ1n) is 11.8. The van der Waals surface area contributed by atoms with E-state index < -0.39 is 0 Å². The molecule has 0 unspecified atom stereocenters. The summed E-state index contributed by atoms with van der Waals surface area (Å²) in [4.78, 5) is 34.0. The fraction of sp³-hybridized carbons (Fsp3) is 0.440. The maximum atomic E-state index is 13.1. The molecular formula is C25H30N6O2. The Morgan fingerprint density at radius 1 is 0.939 bits per heavy atom. The Kier molecular flexibility index (Phi) is 5.74. The van der Waals surface area contributed by atoms with Crippen LogP contribution in [-0.2, 0) is 0 Å². The molecule has 172 valence electrons. The van der Waals surface area contributed by atoms with Gasteiger partial charge in [-0.1, -0.05) is 0 Å². The molecule has 5 rings (SSSR count). The molecule has 33 heavy (non-hydrogen) atoms. The van der Waals surface area contributed by atoms with Crippen LogP contribution in [0.4, 0.5) is 5.82 Å². The van der Waals surface area contributed by atoms with Crippen LogP contribution in [0.25, 0.3) is 5.52 Å². The van der Waals surface area contributed by atoms with Crippen LogP contribution in [0.3, 0.4) is 0 Å². The molecule has 2 saturated heterocycles. The van der Waals surface area contributed by atoms with E-state index in [2.05, 4.69) is 22.2 Å². The number of nitrogens with two attached hydrogens (primary N) is 1. The lowest BCUT2D eigenvalue weighted by atomic mass is 9.89. The number of anilines is 1. The number of hydrogen-bond donors (Lipinski definition) is 1. The number of carbonyl (C=O) groups excluding carboxylic acids is 2. The molecule has 2 aliphatic heterocycles. The molecule has 5 heterocycles. The van der Waals surface area contributed by atoms with Crippen LogP contribution in [0, 0.1) is 6.92 Å². The molecule has 2 fully saturated rings. The minimum Gasteiger partial charge on any atom is -0.384 e. The minimum absolute atomic E-state index is 0.0131. The van der Waals surface area contributed by atoms with Crippen molar-refractivity contribution in [3.63, 3.8) is 0 Å². The monoisotopic (exact) mass is 446 g/mol. The van der Waals surface area contributed by atoms with Crippen LogP contribution >= 0.6 is 0 Å². The van der Waals surface area contributed by atoms with Crippen molar-refractivity contribution in [3.05, 3.63) is 59.0 Å². The molecule has 2 aliphatic rings. The second-order valence-corrected chi connectivity index (χ2v) is 9.19. The molecule has 8 nitrogen and oxygen atoms in total. The number of aryl methyl sites for hydroxylation is 1. The smallest absolute Gasteiger partial charge is 0.257 e. The molecule has 0 saturated carbocycles. The van der Waals surface area contributed by atoms with Crippen LogP contribution in [-0.4, -0.2) is 62.4 Å². The van der Waals surface area contributed by atoms with E-state index >= 15 is 0 Å². The standard InChI is InChI=1S/C25H30N6O2/c1-17-13-23(26)27-15-20(17)24(32)30-10-5-18(6-11-30)19-7-12-31-22(14-19)21(16-28-31)25(33)29-8-3-2-4-9-29/h7,12-16,18H,2-6,8-11H2,1H3,(H2,26,27). The number of rotatable bonds is 3. The zero-order valence-corrected chi connectivity index (χ0v) is 19.0. The number of aromatic nitrogens is 3. The lowest BCUT2D eigenvalue weighted by Crippen LogP contribution is -2.38. The predicted molar refractivity (Wildman–Crippen MR) is 126 cm³/mol. The molecule has 0 aromatic carbocycles. The maximum absolute atomic E-state index is 13.1. The van der Waals surface area contributed by atoms with Gasteiger partial charge in [-0.05, 0) is 74.3 Å². The van der Waals surface area contributed by atoms with E-state index in [0.717, 1.165) is 49.9 Å². The summed E-state index contributed by atoms with van der Waals surface area (Å²) in [5.74, 6) is 0.863. The summed E-state index contributed by atoms with van der Waals surface area (Å²) in [5, 5.41) is 4.41. The number of hydrogen-bond acceptors (Lipinski definition) is 5. The second kappa shape index (κ2) is 8.84. The number of pyridine rings is 2. The van der Waals surface area contributed by atoms with E-state index in [1.54, 1.807) is 23.0 Å². The number of nitrogens with zero attached hydrogens (tertiary/aromatic N) is 5. The van der Waals surface area contributed by atoms with E-state index in [1.165, 1.54) is 12.0 Å². The van der Waals surface area contributed by atoms with Gasteiger partial charge in [-0.25, -0.2) is 9.50 Å². The van der Waals surface area contributed by atoms with Crippen LogP contribution < -0.4 is 5.73 Å². The van der Waals surface area contributed by atoms with E-state index in [4.69, 9.17) is 5.73 Å². The second-order valence-electron chi connectivity index (χ2n) is 9.19. The number of nitrogen functional groups attached to an aromatic ring is 1. The lowest BCUT2D eigenvalue weighted by Gasteiger charge is -2.32. The molecule has 0 aliphatic carbocycles. The third-order valence-electron chi connectivity index (χ3n) is 7.04. The van der Waals surface area contributed by atoms with Crippen molar-refractivity contribution >= 4 is 23.1 Å². The van der Waals surface area contributed by atoms with Crippen molar-refractivity contribution in [3.8, 4) is 0 Å². The molecule has 0 atom stereocenters. The maximum Gasteiger partial charge on any atom is 0.257 e. The van der Waals surface area contributed by atoms with Gasteiger partial charge in [-0.3, -0.25) is 9.59 Å². The molecular weight excluding hydrogens is 416 g/mol. The Balaban J connectivity index is 1.30. The van der Waals surface area contributed by atoms with Crippen molar-refractivity contribution in [2.45, 2.75) is 44.9 Å². The molecule has 3 aromatic rings. The highest BCUT2D eigenvalue weighted by Crippen LogP contribution is 2.30. The van der Waals surface area contributed by atoms with Gasteiger partial charge in [0, 0.05) is 38.6 Å². The first kappa shape index (κ1) is 21.4. The zero-order chi connectivity index (χ0) is 22.9. The predicted octanol–water partition coefficient (Wildman–Crippen LogP) is 3.27. The van der Waals surface area contributed by atoms with Gasteiger partial charge in [0.15, 0.2) is 0 Å². The Hall–Kier alpha value is -3.42. The van der Waals surface area contributed by atoms with Crippen LogP contribution in [0.15, 0.2) is 36.8 Å². The average molecular weight is 447 g/mol. The normalized spacial score (nSPS) is 17.5. The van der Waals surface area contributed by atoms with Gasteiger partial charge in [-0.2, -0.15) is 5.10 Å². The fourth-order valence-corrected chi connectivity index (χ4v) is 5.07. The average Bonchev–Trinajstić information content (AvgIpc) is 3.27. The minimum atomic E-state index is 0.0131. The largest absolute Gasteiger partial charge is 0.384 e. The van der Waals surface area contributed by atoms with Gasteiger partial charge in [0.25, 0.3) is 11.8 Å². The molecule has 3 aromatic heterocycles. The third-order valence-corrected chi connectivity index (χ3v) is 7.04. The van der Waals surface area contributed by atoms with E-state index in [1.807, 2.05) is 22.9 Å². The van der Waals surface area contributed by atoms with Gasteiger partial charge in [0.1, 0.15) is 5.82 Å². The fourth-order valence-electron chi connectivity index (χ4n) is 5.07. The van der Waals surface area contributed by atoms with E-state index in [0.29, 0.717) is 36.0 Å². The third kappa shape index (κ3) is 4.17. The summed E-state index contributed by atoms with van der Waals surface area (Å²) in [7, 11) is 0. The number of likely N-dealkylation sites (tertiary alicyclic amines) is 2. The summed E-state index contributed by atoms with van der Waals surface area (Å²) in [5.41, 5.74) is 9.94. The highest BCUT2D eigenvalue weighted by molar-refractivity contribution is 6.00. The lowest BCUT2D eigenvalue weighted by molar-refractivity contribution is 0.0708. The van der Waals surface area contributed by atoms with E-state index in [-0.39, 0.29) is 11.8 Å². The Bertz CT molecular complexity index is 1190. The molecule has 2 N–H and O–H groups in total. The number of fused-ring (bicyclic) bond motifs is 1. The quantitative estimate of drug-likeness (QED) is 0.666. The highest BCUT2D eigenvalue weighted by atomic mass is 16.2. The van der Waals surface area contributed by atoms with Crippen molar-refractivity contribution in [2.24, 2.45) is 0 Å². The Labute approximate surface area is 193 Å². The van der Waals surface area contributed by atoms with Crippen molar-refractivity contribution in [1.29, 1.82) is 0 Å². The van der Waals surface area contributed by atoms with Gasteiger partial charge >= 0.3 is 0 Å². The summed E-state index contributed by atoms with van der Waals surface area (Å²) >= 11 is 0. The summed E-state index contributed by atoms with van der Waals surface area (Å²) in [6.45, 7) is 4.92. The zero-order valence-electron chi connectivity index (χ0n) is 19.0. The summed E-state index contributed by atoms with van der Waals surface area (Å²) in [6, 6.07) is 5.94. The van der Waals surface area contributed by atoms with Gasteiger partial charge in [0.05, 0.1) is 22.8 Å². The van der Waals surface area contributed by atoms with Crippen LogP contribution in [0.5, 0.6) is 0 Å². The topological polar surface area (TPSA) is 96.8 Å². The Morgan fingerprint density at radius 2 is 1.64 bits per heavy atom. The number of piperidine rings is 2. The SMILES string of the molecule is Cc1cc(N)ncc1C(=O)N1CCC(c2ccn3ncc(C(=O)N4CCCCC4)c3c2)CC1. The molecule has 0 spiro atoms. The van der Waals surface area contributed by atoms with E-state index in [9.17, 15) is 9.59 Å². The molecule has 0 bridgehead atoms. The van der Waals surface area contributed by atoms with Crippen LogP contribution in [0.2, 0.25) is 0 Å². The van der Waals surface area contributed by atoms with Crippen molar-refractivity contribution in [1.82, 2.24) is 24.4 Å². The first-order chi connectivity index (χ1) is 16.0. The number of carbonyl (C=O) groups is 2. The van der Waals surface area contributed by atoms with Crippen LogP contribution in [0.1, 0.15) is 69.9 Å². The van der Waals surface area contributed by atoms with Gasteiger partial charge < -0.3 is 15.5 Å². The van der Waals surface area contributed by atoms with Gasteiger partial charge in [0.2, 0.25) is 0 Å². The summed E-state index contributed by atoms with van der Waals surface area (Å²) < 4.78 is 1.79. The number of amides is 2. The molecule has 8 heteroatoms. The van der Waals surface area contributed by atoms with Gasteiger partial charge in [-0.15, -0.1) is 0 Å². The summed E-state index contributed by atoms with van der Waals surface area (Å²) in [6.07, 6.45) is 10.3. The first-order valence-corrected chi connectivity index (χ1v) is 11.8. The molecule has 2 amide bonds. The Morgan fingerprint density at radius 3 is 2.36 bits per heavy atom. The van der Waals surface area contributed by atoms with Crippen molar-refractivity contribution in [2.75, 3.05) is 31.9 Å². The highest BCUT2D eigenvalue weighted by Gasteiger charge is 2.27. The van der Waals surface area contributed by atoms with Crippen molar-refractivity contribution < 1.29 is 9.59 Å². The molecule has 0 radical (unpaired) electrons.